The Morgan fingerprint density at radius 1 is 1.36 bits per heavy atom. The quantitative estimate of drug-likeness (QED) is 0.487. The third-order valence-corrected chi connectivity index (χ3v) is 4.04. The maximum atomic E-state index is 12.8. The van der Waals surface area contributed by atoms with Gasteiger partial charge in [-0.1, -0.05) is 6.08 Å². The Bertz CT molecular complexity index is 1110. The second-order valence-corrected chi connectivity index (χ2v) is 5.66. The number of hydrogen-bond acceptors (Lipinski definition) is 5. The van der Waals surface area contributed by atoms with E-state index in [0.29, 0.717) is 12.3 Å². The molecule has 0 fully saturated rings. The van der Waals surface area contributed by atoms with Crippen LogP contribution in [0.2, 0.25) is 0 Å². The molecule has 0 aliphatic carbocycles. The van der Waals surface area contributed by atoms with Crippen molar-refractivity contribution in [3.8, 4) is 0 Å². The lowest BCUT2D eigenvalue weighted by molar-refractivity contribution is -0.143. The van der Waals surface area contributed by atoms with E-state index in [9.17, 15) is 14.4 Å². The summed E-state index contributed by atoms with van der Waals surface area (Å²) in [5.74, 6) is -0.101. The van der Waals surface area contributed by atoms with Gasteiger partial charge in [-0.25, -0.2) is 9.36 Å². The van der Waals surface area contributed by atoms with Gasteiger partial charge in [0.25, 0.3) is 5.56 Å². The van der Waals surface area contributed by atoms with Gasteiger partial charge in [-0.05, 0) is 13.8 Å². The Labute approximate surface area is 142 Å². The average molecular weight is 345 g/mol. The summed E-state index contributed by atoms with van der Waals surface area (Å²) < 4.78 is 10.5. The van der Waals surface area contributed by atoms with Crippen LogP contribution in [0.3, 0.4) is 0 Å². The summed E-state index contributed by atoms with van der Waals surface area (Å²) in [7, 11) is 1.52. The number of fused-ring (bicyclic) bond motifs is 3. The molecule has 0 saturated heterocycles. The molecule has 0 aromatic carbocycles. The number of imidazole rings is 2. The minimum absolute atomic E-state index is 0.177. The lowest BCUT2D eigenvalue weighted by Crippen LogP contribution is -2.41. The van der Waals surface area contributed by atoms with Crippen LogP contribution >= 0.6 is 0 Å². The third-order valence-electron chi connectivity index (χ3n) is 4.04. The van der Waals surface area contributed by atoms with Crippen molar-refractivity contribution in [3.05, 3.63) is 45.4 Å². The van der Waals surface area contributed by atoms with E-state index in [1.54, 1.807) is 23.6 Å². The van der Waals surface area contributed by atoms with Gasteiger partial charge in [0.1, 0.15) is 6.54 Å². The molecule has 0 unspecified atom stereocenters. The standard InChI is InChI=1S/C16H19N5O4/c1-5-7-19-10(3)8-20-12-13(17-15(19)20)18(4)16(24)21(14(12)23)9-11(22)25-6-2/h5,8H,1,6-7,9H2,2-4H3. The molecule has 0 aliphatic heterocycles. The number of rotatable bonds is 5. The number of nitrogens with zero attached hydrogens (tertiary/aromatic N) is 5. The van der Waals surface area contributed by atoms with Crippen LogP contribution in [0.1, 0.15) is 12.6 Å². The van der Waals surface area contributed by atoms with Crippen LogP contribution in [0.25, 0.3) is 16.9 Å². The number of aryl methyl sites for hydroxylation is 2. The van der Waals surface area contributed by atoms with E-state index in [-0.39, 0.29) is 17.8 Å². The first kappa shape index (κ1) is 16.7. The molecule has 132 valence electrons. The zero-order valence-corrected chi connectivity index (χ0v) is 14.4. The van der Waals surface area contributed by atoms with Gasteiger partial charge in [0.2, 0.25) is 5.78 Å². The van der Waals surface area contributed by atoms with Crippen LogP contribution < -0.4 is 11.2 Å². The van der Waals surface area contributed by atoms with Crippen molar-refractivity contribution in [1.82, 2.24) is 23.1 Å². The molecule has 0 N–H and O–H groups in total. The second-order valence-electron chi connectivity index (χ2n) is 5.66. The lowest BCUT2D eigenvalue weighted by atomic mass is 10.4. The van der Waals surface area contributed by atoms with Crippen LogP contribution in [0, 0.1) is 6.92 Å². The summed E-state index contributed by atoms with van der Waals surface area (Å²) >= 11 is 0. The zero-order valence-electron chi connectivity index (χ0n) is 14.4. The van der Waals surface area contributed by atoms with Crippen molar-refractivity contribution in [2.24, 2.45) is 7.05 Å². The zero-order chi connectivity index (χ0) is 18.3. The van der Waals surface area contributed by atoms with Crippen molar-refractivity contribution in [2.75, 3.05) is 6.61 Å². The maximum Gasteiger partial charge on any atom is 0.333 e. The number of carbonyl (C=O) groups excluding carboxylic acids is 1. The molecule has 9 nitrogen and oxygen atoms in total. The van der Waals surface area contributed by atoms with Crippen molar-refractivity contribution >= 4 is 22.9 Å². The monoisotopic (exact) mass is 345 g/mol. The van der Waals surface area contributed by atoms with E-state index in [4.69, 9.17) is 4.74 Å². The summed E-state index contributed by atoms with van der Waals surface area (Å²) in [6, 6.07) is 0. The Hall–Kier alpha value is -3.10. The molecule has 0 saturated carbocycles. The van der Waals surface area contributed by atoms with Gasteiger partial charge in [0.05, 0.1) is 6.61 Å². The molecule has 3 aromatic rings. The molecule has 3 rings (SSSR count). The van der Waals surface area contributed by atoms with E-state index in [1.807, 2.05) is 11.5 Å². The number of aromatic nitrogens is 5. The molecule has 0 aliphatic rings. The molecule has 0 bridgehead atoms. The van der Waals surface area contributed by atoms with Gasteiger partial charge in [-0.2, -0.15) is 4.98 Å². The summed E-state index contributed by atoms with van der Waals surface area (Å²) in [5, 5.41) is 0. The summed E-state index contributed by atoms with van der Waals surface area (Å²) in [6.07, 6.45) is 3.50. The summed E-state index contributed by atoms with van der Waals surface area (Å²) in [6.45, 7) is 7.54. The number of hydrogen-bond donors (Lipinski definition) is 0. The first-order chi connectivity index (χ1) is 11.9. The van der Waals surface area contributed by atoms with Crippen LogP contribution in [0.5, 0.6) is 0 Å². The molecule has 0 atom stereocenters. The molecule has 3 heterocycles. The first-order valence-electron chi connectivity index (χ1n) is 7.84. The highest BCUT2D eigenvalue weighted by Crippen LogP contribution is 2.16. The number of ether oxygens (including phenoxy) is 1. The molecule has 9 heteroatoms. The molecule has 25 heavy (non-hydrogen) atoms. The second kappa shape index (κ2) is 6.08. The fourth-order valence-corrected chi connectivity index (χ4v) is 2.89. The van der Waals surface area contributed by atoms with Gasteiger partial charge in [0, 0.05) is 25.5 Å². The Balaban J connectivity index is 2.34. The SMILES string of the molecule is C=CCn1c(C)cn2c3c(=O)n(CC(=O)OCC)c(=O)n(C)c3nc12. The lowest BCUT2D eigenvalue weighted by Gasteiger charge is -2.07. The Kier molecular flexibility index (Phi) is 4.07. The van der Waals surface area contributed by atoms with Crippen LogP contribution in [0.15, 0.2) is 28.4 Å². The van der Waals surface area contributed by atoms with Crippen LogP contribution in [-0.4, -0.2) is 35.7 Å². The van der Waals surface area contributed by atoms with Crippen LogP contribution in [0.4, 0.5) is 0 Å². The summed E-state index contributed by atoms with van der Waals surface area (Å²) in [5.41, 5.74) is 0.220. The predicted octanol–water partition coefficient (Wildman–Crippen LogP) is 0.207. The van der Waals surface area contributed by atoms with Crippen molar-refractivity contribution in [3.63, 3.8) is 0 Å². The van der Waals surface area contributed by atoms with Gasteiger partial charge in [-0.15, -0.1) is 6.58 Å². The fraction of sp³-hybridized carbons (Fsp3) is 0.375. The molecule has 3 aromatic heterocycles. The minimum Gasteiger partial charge on any atom is -0.465 e. The normalized spacial score (nSPS) is 11.3. The average Bonchev–Trinajstić information content (AvgIpc) is 3.07. The third kappa shape index (κ3) is 2.48. The van der Waals surface area contributed by atoms with Gasteiger partial charge in [-0.3, -0.25) is 18.6 Å². The van der Waals surface area contributed by atoms with Crippen molar-refractivity contribution < 1.29 is 9.53 Å². The Morgan fingerprint density at radius 3 is 2.72 bits per heavy atom. The predicted molar refractivity (Wildman–Crippen MR) is 91.8 cm³/mol. The summed E-state index contributed by atoms with van der Waals surface area (Å²) in [4.78, 5) is 41.5. The first-order valence-corrected chi connectivity index (χ1v) is 7.84. The molecular weight excluding hydrogens is 326 g/mol. The van der Waals surface area contributed by atoms with Crippen molar-refractivity contribution in [1.29, 1.82) is 0 Å². The molecule has 0 spiro atoms. The highest BCUT2D eigenvalue weighted by Gasteiger charge is 2.21. The molecule has 0 amide bonds. The fourth-order valence-electron chi connectivity index (χ4n) is 2.89. The van der Waals surface area contributed by atoms with E-state index in [2.05, 4.69) is 11.6 Å². The van der Waals surface area contributed by atoms with E-state index >= 15 is 0 Å². The van der Waals surface area contributed by atoms with E-state index in [0.717, 1.165) is 10.3 Å². The molecule has 0 radical (unpaired) electrons. The van der Waals surface area contributed by atoms with Crippen LogP contribution in [-0.2, 0) is 29.7 Å². The number of allylic oxidation sites excluding steroid dienone is 1. The smallest absolute Gasteiger partial charge is 0.333 e. The van der Waals surface area contributed by atoms with E-state index in [1.165, 1.54) is 11.6 Å². The number of carbonyl (C=O) groups is 1. The maximum absolute atomic E-state index is 12.8. The minimum atomic E-state index is -0.637. The van der Waals surface area contributed by atoms with Gasteiger partial charge >= 0.3 is 11.7 Å². The molecular formula is C16H19N5O4. The van der Waals surface area contributed by atoms with E-state index < -0.39 is 23.8 Å². The topological polar surface area (TPSA) is 92.5 Å². The highest BCUT2D eigenvalue weighted by molar-refractivity contribution is 5.76. The Morgan fingerprint density at radius 2 is 2.08 bits per heavy atom. The van der Waals surface area contributed by atoms with Gasteiger partial charge < -0.3 is 9.30 Å². The highest BCUT2D eigenvalue weighted by atomic mass is 16.5. The number of esters is 1. The van der Waals surface area contributed by atoms with Crippen molar-refractivity contribution in [2.45, 2.75) is 26.9 Å². The van der Waals surface area contributed by atoms with Gasteiger partial charge in [0.15, 0.2) is 11.2 Å². The largest absolute Gasteiger partial charge is 0.465 e.